The maximum absolute atomic E-state index is 10.6. The van der Waals surface area contributed by atoms with E-state index in [0.717, 1.165) is 6.92 Å². The predicted octanol–water partition coefficient (Wildman–Crippen LogP) is 0.393. The summed E-state index contributed by atoms with van der Waals surface area (Å²) in [5, 5.41) is 26.9. The van der Waals surface area contributed by atoms with Gasteiger partial charge in [0.2, 0.25) is 0 Å². The van der Waals surface area contributed by atoms with Crippen molar-refractivity contribution in [3.05, 3.63) is 29.8 Å². The van der Waals surface area contributed by atoms with Crippen molar-refractivity contribution in [3.63, 3.8) is 0 Å². The van der Waals surface area contributed by atoms with Gasteiger partial charge in [0.1, 0.15) is 12.4 Å². The van der Waals surface area contributed by atoms with E-state index in [1.165, 1.54) is 0 Å². The summed E-state index contributed by atoms with van der Waals surface area (Å²) in [6, 6.07) is 6.59. The Balaban J connectivity index is 2.64. The van der Waals surface area contributed by atoms with Gasteiger partial charge in [-0.1, -0.05) is 12.1 Å². The Morgan fingerprint density at radius 3 is 2.75 bits per heavy atom. The molecule has 5 heteroatoms. The second-order valence-corrected chi connectivity index (χ2v) is 3.67. The Morgan fingerprint density at radius 2 is 2.19 bits per heavy atom. The van der Waals surface area contributed by atoms with Crippen LogP contribution in [0.1, 0.15) is 12.5 Å². The first-order chi connectivity index (χ1) is 7.45. The van der Waals surface area contributed by atoms with Crippen LogP contribution in [0.2, 0.25) is 0 Å². The first-order valence-corrected chi connectivity index (χ1v) is 4.74. The molecule has 1 unspecified atom stereocenters. The normalized spacial score (nSPS) is 14.2. The molecule has 0 aliphatic rings. The van der Waals surface area contributed by atoms with Crippen LogP contribution in [-0.2, 0) is 11.4 Å². The quantitative estimate of drug-likeness (QED) is 0.676. The van der Waals surface area contributed by atoms with E-state index in [0.29, 0.717) is 11.3 Å². The number of hydrogen-bond acceptors (Lipinski definition) is 4. The molecular formula is C11H14O5. The van der Waals surface area contributed by atoms with Gasteiger partial charge in [0.25, 0.3) is 0 Å². The lowest BCUT2D eigenvalue weighted by atomic mass is 10.1. The number of ether oxygens (including phenoxy) is 1. The summed E-state index contributed by atoms with van der Waals surface area (Å²) in [6.07, 6.45) is 0. The second kappa shape index (κ2) is 4.96. The van der Waals surface area contributed by atoms with Crippen LogP contribution in [0.5, 0.6) is 5.75 Å². The van der Waals surface area contributed by atoms with Gasteiger partial charge >= 0.3 is 5.97 Å². The number of hydrogen-bond donors (Lipinski definition) is 3. The number of benzene rings is 1. The van der Waals surface area contributed by atoms with Gasteiger partial charge in [-0.05, 0) is 24.6 Å². The van der Waals surface area contributed by atoms with Gasteiger partial charge in [-0.15, -0.1) is 0 Å². The topological polar surface area (TPSA) is 87.0 Å². The van der Waals surface area contributed by atoms with Crippen molar-refractivity contribution in [1.82, 2.24) is 0 Å². The highest BCUT2D eigenvalue weighted by Crippen LogP contribution is 2.15. The minimum Gasteiger partial charge on any atom is -0.490 e. The molecule has 1 atom stereocenters. The van der Waals surface area contributed by atoms with E-state index in [1.54, 1.807) is 24.3 Å². The van der Waals surface area contributed by atoms with E-state index in [1.807, 2.05) is 0 Å². The molecule has 16 heavy (non-hydrogen) atoms. The maximum Gasteiger partial charge on any atom is 0.339 e. The molecule has 0 saturated heterocycles. The van der Waals surface area contributed by atoms with Crippen molar-refractivity contribution in [3.8, 4) is 5.75 Å². The largest absolute Gasteiger partial charge is 0.490 e. The zero-order chi connectivity index (χ0) is 12.2. The van der Waals surface area contributed by atoms with Gasteiger partial charge in [0.05, 0.1) is 6.61 Å². The van der Waals surface area contributed by atoms with Gasteiger partial charge in [0, 0.05) is 0 Å². The summed E-state index contributed by atoms with van der Waals surface area (Å²) >= 11 is 0. The average Bonchev–Trinajstić information content (AvgIpc) is 2.26. The Morgan fingerprint density at radius 1 is 1.50 bits per heavy atom. The Hall–Kier alpha value is -1.59. The molecular weight excluding hydrogens is 212 g/mol. The maximum atomic E-state index is 10.6. The molecule has 0 saturated carbocycles. The SMILES string of the molecule is CC(O)(COc1cccc(CO)c1)C(=O)O. The van der Waals surface area contributed by atoms with E-state index in [9.17, 15) is 9.90 Å². The molecule has 1 aromatic carbocycles. The van der Waals surface area contributed by atoms with Crippen molar-refractivity contribution in [2.45, 2.75) is 19.1 Å². The van der Waals surface area contributed by atoms with Gasteiger partial charge in [-0.25, -0.2) is 4.79 Å². The third kappa shape index (κ3) is 3.22. The lowest BCUT2D eigenvalue weighted by Crippen LogP contribution is -2.41. The standard InChI is InChI=1S/C11H14O5/c1-11(15,10(13)14)7-16-9-4-2-3-8(5-9)6-12/h2-5,12,15H,6-7H2,1H3,(H,13,14). The Labute approximate surface area is 92.9 Å². The third-order valence-corrected chi connectivity index (χ3v) is 2.06. The fraction of sp³-hybridized carbons (Fsp3) is 0.364. The van der Waals surface area contributed by atoms with E-state index in [2.05, 4.69) is 0 Å². The van der Waals surface area contributed by atoms with E-state index in [4.69, 9.17) is 14.9 Å². The Bertz CT molecular complexity index is 372. The number of carboxylic acids is 1. The number of aliphatic hydroxyl groups excluding tert-OH is 1. The fourth-order valence-corrected chi connectivity index (χ4v) is 1.02. The molecule has 0 spiro atoms. The highest BCUT2D eigenvalue weighted by atomic mass is 16.5. The highest BCUT2D eigenvalue weighted by molar-refractivity contribution is 5.76. The summed E-state index contributed by atoms with van der Waals surface area (Å²) in [4.78, 5) is 10.6. The summed E-state index contributed by atoms with van der Waals surface area (Å²) in [5.74, 6) is -0.932. The molecule has 1 aromatic rings. The molecule has 3 N–H and O–H groups in total. The van der Waals surface area contributed by atoms with Gasteiger partial charge in [-0.2, -0.15) is 0 Å². The Kier molecular flexibility index (Phi) is 3.87. The van der Waals surface area contributed by atoms with Gasteiger partial charge in [-0.3, -0.25) is 0 Å². The van der Waals surface area contributed by atoms with Crippen molar-refractivity contribution in [1.29, 1.82) is 0 Å². The molecule has 0 amide bonds. The van der Waals surface area contributed by atoms with Crippen LogP contribution in [0, 0.1) is 0 Å². The summed E-state index contributed by atoms with van der Waals surface area (Å²) in [6.45, 7) is 0.689. The number of aliphatic carboxylic acids is 1. The molecule has 1 rings (SSSR count). The zero-order valence-corrected chi connectivity index (χ0v) is 8.88. The second-order valence-electron chi connectivity index (χ2n) is 3.67. The molecule has 0 aliphatic carbocycles. The molecule has 0 radical (unpaired) electrons. The molecule has 5 nitrogen and oxygen atoms in total. The fourth-order valence-electron chi connectivity index (χ4n) is 1.02. The van der Waals surface area contributed by atoms with E-state index in [-0.39, 0.29) is 13.2 Å². The van der Waals surface area contributed by atoms with Gasteiger partial charge in [0.15, 0.2) is 5.60 Å². The molecule has 0 aromatic heterocycles. The van der Waals surface area contributed by atoms with Crippen LogP contribution in [0.4, 0.5) is 0 Å². The summed E-state index contributed by atoms with van der Waals surface area (Å²) in [5.41, 5.74) is -1.26. The molecule has 0 fully saturated rings. The highest BCUT2D eigenvalue weighted by Gasteiger charge is 2.30. The number of rotatable bonds is 5. The van der Waals surface area contributed by atoms with Crippen molar-refractivity contribution in [2.24, 2.45) is 0 Å². The lowest BCUT2D eigenvalue weighted by molar-refractivity contribution is -0.159. The first kappa shape index (κ1) is 12.5. The number of carbonyl (C=O) groups is 1. The lowest BCUT2D eigenvalue weighted by Gasteiger charge is -2.18. The molecule has 88 valence electrons. The summed E-state index contributed by atoms with van der Waals surface area (Å²) in [7, 11) is 0. The van der Waals surface area contributed by atoms with Crippen LogP contribution in [0.15, 0.2) is 24.3 Å². The van der Waals surface area contributed by atoms with E-state index >= 15 is 0 Å². The van der Waals surface area contributed by atoms with Crippen LogP contribution in [0.25, 0.3) is 0 Å². The van der Waals surface area contributed by atoms with Crippen LogP contribution < -0.4 is 4.74 Å². The predicted molar refractivity (Wildman–Crippen MR) is 56.1 cm³/mol. The first-order valence-electron chi connectivity index (χ1n) is 4.74. The van der Waals surface area contributed by atoms with E-state index < -0.39 is 11.6 Å². The smallest absolute Gasteiger partial charge is 0.339 e. The number of aliphatic hydroxyl groups is 2. The van der Waals surface area contributed by atoms with Crippen LogP contribution in [-0.4, -0.2) is 33.5 Å². The average molecular weight is 226 g/mol. The number of carboxylic acid groups (broad SMARTS) is 1. The minimum atomic E-state index is -1.92. The third-order valence-electron chi connectivity index (χ3n) is 2.06. The molecule has 0 heterocycles. The van der Waals surface area contributed by atoms with Crippen molar-refractivity contribution in [2.75, 3.05) is 6.61 Å². The van der Waals surface area contributed by atoms with Crippen molar-refractivity contribution >= 4 is 5.97 Å². The monoisotopic (exact) mass is 226 g/mol. The van der Waals surface area contributed by atoms with Gasteiger partial charge < -0.3 is 20.1 Å². The van der Waals surface area contributed by atoms with Crippen LogP contribution >= 0.6 is 0 Å². The minimum absolute atomic E-state index is 0.119. The van der Waals surface area contributed by atoms with Crippen LogP contribution in [0.3, 0.4) is 0 Å². The molecule has 0 bridgehead atoms. The zero-order valence-electron chi connectivity index (χ0n) is 8.88. The summed E-state index contributed by atoms with van der Waals surface area (Å²) < 4.78 is 5.13. The molecule has 0 aliphatic heterocycles. The van der Waals surface area contributed by atoms with Crippen molar-refractivity contribution < 1.29 is 24.9 Å².